The van der Waals surface area contributed by atoms with E-state index >= 15 is 0 Å². The maximum atomic E-state index is 11.7. The van der Waals surface area contributed by atoms with Gasteiger partial charge in [-0.3, -0.25) is 9.59 Å². The maximum absolute atomic E-state index is 11.7. The lowest BCUT2D eigenvalue weighted by atomic mass is 9.96. The van der Waals surface area contributed by atoms with Crippen LogP contribution in [0.4, 0.5) is 4.79 Å². The molecule has 0 aromatic carbocycles. The molecule has 0 saturated heterocycles. The van der Waals surface area contributed by atoms with Crippen LogP contribution in [0.25, 0.3) is 0 Å². The number of amides is 1. The smallest absolute Gasteiger partial charge is 0.434 e. The fraction of sp³-hybridized carbons (Fsp3) is 0.727. The average Bonchev–Trinajstić information content (AvgIpc) is 2.73. The Morgan fingerprint density at radius 3 is 2.39 bits per heavy atom. The fourth-order valence-electron chi connectivity index (χ4n) is 2.17. The van der Waals surface area contributed by atoms with Crippen molar-refractivity contribution in [3.8, 4) is 0 Å². The molecule has 0 spiro atoms. The summed E-state index contributed by atoms with van der Waals surface area (Å²) in [6, 6.07) is 0. The monoisotopic (exact) mass is 259 g/mol. The van der Waals surface area contributed by atoms with Gasteiger partial charge in [0.1, 0.15) is 0 Å². The zero-order chi connectivity index (χ0) is 13.7. The van der Waals surface area contributed by atoms with Crippen LogP contribution in [-0.2, 0) is 19.1 Å². The number of hydrogen-bond acceptors (Lipinski definition) is 6. The van der Waals surface area contributed by atoms with Gasteiger partial charge in [0.05, 0.1) is 18.4 Å². The number of primary amides is 1. The Hall–Kier alpha value is -1.63. The van der Waals surface area contributed by atoms with Gasteiger partial charge in [-0.15, -0.1) is 0 Å². The molecule has 1 fully saturated rings. The van der Waals surface area contributed by atoms with Crippen LogP contribution in [0.5, 0.6) is 0 Å². The van der Waals surface area contributed by atoms with Crippen LogP contribution in [-0.4, -0.2) is 36.4 Å². The van der Waals surface area contributed by atoms with E-state index in [2.05, 4.69) is 9.47 Å². The van der Waals surface area contributed by atoms with Crippen molar-refractivity contribution in [2.45, 2.75) is 19.8 Å². The first-order valence-corrected chi connectivity index (χ1v) is 5.78. The van der Waals surface area contributed by atoms with Gasteiger partial charge in [0.25, 0.3) is 0 Å². The summed E-state index contributed by atoms with van der Waals surface area (Å²) >= 11 is 0. The number of aliphatic hydroxyl groups excluding tert-OH is 1. The van der Waals surface area contributed by atoms with E-state index < -0.39 is 29.9 Å². The minimum absolute atomic E-state index is 0.0926. The number of nitrogens with two attached hydrogens (primary N) is 1. The lowest BCUT2D eigenvalue weighted by Gasteiger charge is -2.13. The third-order valence-corrected chi connectivity index (χ3v) is 3.03. The van der Waals surface area contributed by atoms with Crippen molar-refractivity contribution in [3.63, 3.8) is 0 Å². The molecule has 0 aromatic heterocycles. The highest BCUT2D eigenvalue weighted by molar-refractivity contribution is 5.89. The van der Waals surface area contributed by atoms with Crippen LogP contribution in [0.2, 0.25) is 0 Å². The molecule has 3 atom stereocenters. The van der Waals surface area contributed by atoms with Crippen molar-refractivity contribution >= 4 is 18.0 Å². The molecule has 18 heavy (non-hydrogen) atoms. The summed E-state index contributed by atoms with van der Waals surface area (Å²) in [4.78, 5) is 33.9. The van der Waals surface area contributed by atoms with E-state index in [-0.39, 0.29) is 25.6 Å². The molecule has 7 nitrogen and oxygen atoms in total. The highest BCUT2D eigenvalue weighted by Crippen LogP contribution is 2.36. The van der Waals surface area contributed by atoms with E-state index in [1.165, 1.54) is 0 Å². The van der Waals surface area contributed by atoms with Gasteiger partial charge >= 0.3 is 12.1 Å². The number of ether oxygens (including phenoxy) is 2. The molecule has 1 aliphatic carbocycles. The van der Waals surface area contributed by atoms with Gasteiger partial charge in [-0.05, 0) is 25.7 Å². The predicted octanol–water partition coefficient (Wildman–Crippen LogP) is -0.194. The molecule has 0 heterocycles. The van der Waals surface area contributed by atoms with E-state index in [1.807, 2.05) is 0 Å². The molecule has 1 amide bonds. The molecule has 0 aromatic rings. The van der Waals surface area contributed by atoms with Crippen LogP contribution in [0.1, 0.15) is 19.8 Å². The number of aliphatic hydroxyl groups is 1. The lowest BCUT2D eigenvalue weighted by Crippen LogP contribution is -2.32. The number of esters is 1. The van der Waals surface area contributed by atoms with Gasteiger partial charge in [0.15, 0.2) is 0 Å². The molecule has 1 rings (SSSR count). The summed E-state index contributed by atoms with van der Waals surface area (Å²) in [5, 5.41) is 9.04. The minimum Gasteiger partial charge on any atom is -0.434 e. The summed E-state index contributed by atoms with van der Waals surface area (Å²) in [5.74, 6) is -3.12. The zero-order valence-corrected chi connectivity index (χ0v) is 10.1. The zero-order valence-electron chi connectivity index (χ0n) is 10.1. The largest absolute Gasteiger partial charge is 0.516 e. The standard InChI is InChI=1S/C11H17NO6/c1-2-17-11(16)18-10(15)8-4-6(5-13)3-7(8)9(12)14/h6-8,13H,2-5H2,1H3,(H2,12,14)/t6-,7+,8+/m0/s1. The van der Waals surface area contributed by atoms with Gasteiger partial charge in [-0.1, -0.05) is 0 Å². The van der Waals surface area contributed by atoms with Crippen LogP contribution in [0, 0.1) is 17.8 Å². The Labute approximate surface area is 104 Å². The van der Waals surface area contributed by atoms with Crippen molar-refractivity contribution in [1.29, 1.82) is 0 Å². The van der Waals surface area contributed by atoms with E-state index in [4.69, 9.17) is 10.8 Å². The van der Waals surface area contributed by atoms with Crippen molar-refractivity contribution in [1.82, 2.24) is 0 Å². The topological polar surface area (TPSA) is 116 Å². The van der Waals surface area contributed by atoms with Gasteiger partial charge in [0, 0.05) is 6.61 Å². The van der Waals surface area contributed by atoms with Crippen LogP contribution in [0.3, 0.4) is 0 Å². The maximum Gasteiger partial charge on any atom is 0.516 e. The lowest BCUT2D eigenvalue weighted by molar-refractivity contribution is -0.148. The highest BCUT2D eigenvalue weighted by atomic mass is 16.7. The molecule has 0 aliphatic heterocycles. The van der Waals surface area contributed by atoms with Gasteiger partial charge in [-0.2, -0.15) is 0 Å². The SMILES string of the molecule is CCOC(=O)OC(=O)[C@@H]1C[C@@H](CO)C[C@H]1C(N)=O. The van der Waals surface area contributed by atoms with Crippen LogP contribution < -0.4 is 5.73 Å². The fourth-order valence-corrected chi connectivity index (χ4v) is 2.17. The van der Waals surface area contributed by atoms with Gasteiger partial charge < -0.3 is 20.3 Å². The molecule has 0 radical (unpaired) electrons. The third-order valence-electron chi connectivity index (χ3n) is 3.03. The quantitative estimate of drug-likeness (QED) is 0.533. The molecule has 1 saturated carbocycles. The molecule has 1 aliphatic rings. The summed E-state index contributed by atoms with van der Waals surface area (Å²) in [6.45, 7) is 1.54. The molecule has 102 valence electrons. The van der Waals surface area contributed by atoms with Crippen molar-refractivity contribution in [3.05, 3.63) is 0 Å². The first kappa shape index (κ1) is 14.4. The van der Waals surface area contributed by atoms with Crippen LogP contribution >= 0.6 is 0 Å². The number of rotatable bonds is 4. The Kier molecular flexibility index (Phi) is 5.08. The van der Waals surface area contributed by atoms with Crippen LogP contribution in [0.15, 0.2) is 0 Å². The first-order chi connectivity index (χ1) is 8.49. The van der Waals surface area contributed by atoms with Crippen molar-refractivity contribution in [2.75, 3.05) is 13.2 Å². The molecule has 0 unspecified atom stereocenters. The Morgan fingerprint density at radius 1 is 1.28 bits per heavy atom. The average molecular weight is 259 g/mol. The second kappa shape index (κ2) is 6.34. The number of hydrogen-bond donors (Lipinski definition) is 2. The normalized spacial score (nSPS) is 26.7. The second-order valence-corrected chi connectivity index (χ2v) is 4.24. The molecular formula is C11H17NO6. The van der Waals surface area contributed by atoms with E-state index in [0.717, 1.165) is 0 Å². The van der Waals surface area contributed by atoms with E-state index in [1.54, 1.807) is 6.92 Å². The number of carbonyl (C=O) groups excluding carboxylic acids is 3. The van der Waals surface area contributed by atoms with Crippen molar-refractivity contribution in [2.24, 2.45) is 23.5 Å². The summed E-state index contributed by atoms with van der Waals surface area (Å²) in [7, 11) is 0. The molecule has 7 heteroatoms. The third kappa shape index (κ3) is 3.43. The first-order valence-electron chi connectivity index (χ1n) is 5.78. The summed E-state index contributed by atoms with van der Waals surface area (Å²) in [6.07, 6.45) is -0.477. The molecule has 3 N–H and O–H groups in total. The number of carbonyl (C=O) groups is 3. The highest BCUT2D eigenvalue weighted by Gasteiger charge is 2.43. The summed E-state index contributed by atoms with van der Waals surface area (Å²) < 4.78 is 8.93. The minimum atomic E-state index is -1.09. The van der Waals surface area contributed by atoms with Crippen molar-refractivity contribution < 1.29 is 29.0 Å². The second-order valence-electron chi connectivity index (χ2n) is 4.24. The van der Waals surface area contributed by atoms with E-state index in [0.29, 0.717) is 6.42 Å². The predicted molar refractivity (Wildman–Crippen MR) is 59.1 cm³/mol. The Morgan fingerprint density at radius 2 is 1.89 bits per heavy atom. The van der Waals surface area contributed by atoms with Gasteiger partial charge in [0.2, 0.25) is 5.91 Å². The van der Waals surface area contributed by atoms with Gasteiger partial charge in [-0.25, -0.2) is 4.79 Å². The Bertz CT molecular complexity index is 342. The van der Waals surface area contributed by atoms with E-state index in [9.17, 15) is 14.4 Å². The summed E-state index contributed by atoms with van der Waals surface area (Å²) in [5.41, 5.74) is 5.19. The Balaban J connectivity index is 2.64. The molecule has 0 bridgehead atoms. The molecular weight excluding hydrogens is 242 g/mol.